The van der Waals surface area contributed by atoms with Gasteiger partial charge in [0.1, 0.15) is 5.82 Å². The lowest BCUT2D eigenvalue weighted by atomic mass is 9.88. The van der Waals surface area contributed by atoms with E-state index in [4.69, 9.17) is 9.84 Å². The summed E-state index contributed by atoms with van der Waals surface area (Å²) in [6.45, 7) is 6.71. The van der Waals surface area contributed by atoms with Crippen molar-refractivity contribution in [1.82, 2.24) is 5.32 Å². The number of aliphatic hydroxyl groups is 1. The van der Waals surface area contributed by atoms with Gasteiger partial charge in [0.15, 0.2) is 0 Å². The van der Waals surface area contributed by atoms with Gasteiger partial charge < -0.3 is 20.3 Å². The Morgan fingerprint density at radius 1 is 1.21 bits per heavy atom. The summed E-state index contributed by atoms with van der Waals surface area (Å²) in [5.74, 6) is -0.728. The first kappa shape index (κ1) is 25.3. The van der Waals surface area contributed by atoms with Crippen molar-refractivity contribution < 1.29 is 24.1 Å². The van der Waals surface area contributed by atoms with E-state index in [0.717, 1.165) is 24.8 Å². The molecule has 6 heteroatoms. The molecule has 5 nitrogen and oxygen atoms in total. The average Bonchev–Trinajstić information content (AvgIpc) is 3.16. The van der Waals surface area contributed by atoms with Crippen molar-refractivity contribution in [2.75, 3.05) is 13.2 Å². The molecule has 0 aliphatic heterocycles. The minimum Gasteiger partial charge on any atom is -0.481 e. The Morgan fingerprint density at radius 3 is 2.52 bits per heavy atom. The lowest BCUT2D eigenvalue weighted by Crippen LogP contribution is -2.45. The fourth-order valence-corrected chi connectivity index (χ4v) is 4.82. The third-order valence-electron chi connectivity index (χ3n) is 6.44. The highest BCUT2D eigenvalue weighted by molar-refractivity contribution is 5.67. The third-order valence-corrected chi connectivity index (χ3v) is 6.44. The van der Waals surface area contributed by atoms with Crippen LogP contribution in [0.15, 0.2) is 42.5 Å². The summed E-state index contributed by atoms with van der Waals surface area (Å²) < 4.78 is 19.5. The lowest BCUT2D eigenvalue weighted by Gasteiger charge is -2.31. The molecule has 0 amide bonds. The fraction of sp³-hybridized carbons (Fsp3) is 0.519. The van der Waals surface area contributed by atoms with Crippen molar-refractivity contribution in [3.05, 3.63) is 70.5 Å². The van der Waals surface area contributed by atoms with Crippen LogP contribution in [0, 0.1) is 11.7 Å². The van der Waals surface area contributed by atoms with Gasteiger partial charge in [-0.05, 0) is 86.8 Å². The molecule has 0 aromatic heterocycles. The van der Waals surface area contributed by atoms with Crippen LogP contribution in [0.5, 0.6) is 0 Å². The number of halogens is 1. The van der Waals surface area contributed by atoms with Crippen LogP contribution in [0.4, 0.5) is 4.39 Å². The maximum atomic E-state index is 13.6. The van der Waals surface area contributed by atoms with Crippen LogP contribution in [-0.4, -0.2) is 41.0 Å². The van der Waals surface area contributed by atoms with Gasteiger partial charge in [-0.3, -0.25) is 4.79 Å². The molecule has 3 N–H and O–H groups in total. The number of hydrogen-bond acceptors (Lipinski definition) is 4. The second kappa shape index (κ2) is 11.2. The topological polar surface area (TPSA) is 78.8 Å². The van der Waals surface area contributed by atoms with Crippen LogP contribution < -0.4 is 5.32 Å². The fourth-order valence-electron chi connectivity index (χ4n) is 4.82. The number of aliphatic carboxylic acids is 1. The van der Waals surface area contributed by atoms with Gasteiger partial charge in [0.05, 0.1) is 18.8 Å². The average molecular weight is 458 g/mol. The summed E-state index contributed by atoms with van der Waals surface area (Å²) >= 11 is 0. The number of aryl methyl sites for hydroxylation is 1. The highest BCUT2D eigenvalue weighted by atomic mass is 19.1. The van der Waals surface area contributed by atoms with Crippen molar-refractivity contribution in [3.8, 4) is 0 Å². The van der Waals surface area contributed by atoms with E-state index < -0.39 is 17.9 Å². The molecular weight excluding hydrogens is 421 g/mol. The molecule has 0 bridgehead atoms. The summed E-state index contributed by atoms with van der Waals surface area (Å²) in [5, 5.41) is 22.9. The summed E-state index contributed by atoms with van der Waals surface area (Å²) in [5.41, 5.74) is 4.16. The number of aliphatic hydroxyl groups excluding tert-OH is 1. The Bertz CT molecular complexity index is 920. The van der Waals surface area contributed by atoms with Gasteiger partial charge in [0, 0.05) is 18.5 Å². The first-order valence-electron chi connectivity index (χ1n) is 11.7. The number of rotatable bonds is 12. The Hall–Kier alpha value is -2.28. The Balaban J connectivity index is 1.45. The molecule has 0 spiro atoms. The zero-order valence-corrected chi connectivity index (χ0v) is 19.8. The maximum Gasteiger partial charge on any atom is 0.303 e. The van der Waals surface area contributed by atoms with Crippen LogP contribution >= 0.6 is 0 Å². The van der Waals surface area contributed by atoms with E-state index >= 15 is 0 Å². The molecular formula is C27H36FNO4. The summed E-state index contributed by atoms with van der Waals surface area (Å²) in [4.78, 5) is 10.9. The molecule has 1 aliphatic rings. The van der Waals surface area contributed by atoms with Gasteiger partial charge in [0.2, 0.25) is 0 Å². The van der Waals surface area contributed by atoms with E-state index in [1.165, 1.54) is 23.3 Å². The van der Waals surface area contributed by atoms with Gasteiger partial charge in [-0.25, -0.2) is 4.39 Å². The molecule has 0 saturated heterocycles. The van der Waals surface area contributed by atoms with E-state index in [9.17, 15) is 14.3 Å². The first-order valence-corrected chi connectivity index (χ1v) is 11.7. The molecule has 2 aromatic carbocycles. The summed E-state index contributed by atoms with van der Waals surface area (Å²) in [6, 6.07) is 13.0. The van der Waals surface area contributed by atoms with Crippen molar-refractivity contribution in [1.29, 1.82) is 0 Å². The molecule has 2 atom stereocenters. The molecule has 0 saturated carbocycles. The van der Waals surface area contributed by atoms with Crippen molar-refractivity contribution in [2.24, 2.45) is 5.92 Å². The molecule has 2 aromatic rings. The van der Waals surface area contributed by atoms with E-state index in [1.807, 2.05) is 6.92 Å². The number of fused-ring (bicyclic) bond motifs is 1. The molecule has 0 fully saturated rings. The third kappa shape index (κ3) is 7.63. The summed E-state index contributed by atoms with van der Waals surface area (Å²) in [7, 11) is 0. The Kier molecular flexibility index (Phi) is 8.63. The first-order chi connectivity index (χ1) is 15.6. The molecule has 33 heavy (non-hydrogen) atoms. The largest absolute Gasteiger partial charge is 0.481 e. The minimum absolute atomic E-state index is 0.0725. The smallest absolute Gasteiger partial charge is 0.303 e. The number of nitrogens with one attached hydrogen (secondary N) is 1. The normalized spacial score (nSPS) is 15.9. The SMILES string of the molecule is C[C@@H](OC[C@H](O)CNC(C)(C)CC1Cc2ccccc2C1)c1ccc(F)cc1CCC(=O)O. The van der Waals surface area contributed by atoms with Gasteiger partial charge in [-0.15, -0.1) is 0 Å². The second-order valence-electron chi connectivity index (χ2n) is 9.88. The van der Waals surface area contributed by atoms with Crippen LogP contribution in [0.1, 0.15) is 62.0 Å². The van der Waals surface area contributed by atoms with Gasteiger partial charge >= 0.3 is 5.97 Å². The van der Waals surface area contributed by atoms with E-state index in [0.29, 0.717) is 18.0 Å². The monoisotopic (exact) mass is 457 g/mol. The van der Waals surface area contributed by atoms with Crippen molar-refractivity contribution in [2.45, 2.75) is 70.6 Å². The minimum atomic E-state index is -0.927. The highest BCUT2D eigenvalue weighted by Gasteiger charge is 2.28. The zero-order chi connectivity index (χ0) is 24.0. The van der Waals surface area contributed by atoms with Crippen LogP contribution in [0.25, 0.3) is 0 Å². The predicted octanol–water partition coefficient (Wildman–Crippen LogP) is 4.45. The predicted molar refractivity (Wildman–Crippen MR) is 127 cm³/mol. The number of β-amino-alcohol motifs (C(OH)–C–C–N with tert-alkyl or cyclic N) is 1. The van der Waals surface area contributed by atoms with Gasteiger partial charge in [-0.1, -0.05) is 30.3 Å². The quantitative estimate of drug-likeness (QED) is 0.439. The van der Waals surface area contributed by atoms with Crippen LogP contribution in [0.3, 0.4) is 0 Å². The van der Waals surface area contributed by atoms with Crippen molar-refractivity contribution >= 4 is 5.97 Å². The Morgan fingerprint density at radius 2 is 1.88 bits per heavy atom. The summed E-state index contributed by atoms with van der Waals surface area (Å²) in [6.07, 6.45) is 2.33. The van der Waals surface area contributed by atoms with Crippen LogP contribution in [-0.2, 0) is 28.8 Å². The van der Waals surface area contributed by atoms with Crippen LogP contribution in [0.2, 0.25) is 0 Å². The molecule has 0 radical (unpaired) electrons. The number of carboxylic acid groups (broad SMARTS) is 1. The number of hydrogen-bond donors (Lipinski definition) is 3. The Labute approximate surface area is 196 Å². The van der Waals surface area contributed by atoms with Crippen molar-refractivity contribution in [3.63, 3.8) is 0 Å². The molecule has 0 heterocycles. The molecule has 180 valence electrons. The van der Waals surface area contributed by atoms with E-state index in [-0.39, 0.29) is 31.1 Å². The number of carbonyl (C=O) groups is 1. The van der Waals surface area contributed by atoms with Gasteiger partial charge in [-0.2, -0.15) is 0 Å². The second-order valence-corrected chi connectivity index (χ2v) is 9.88. The standard InChI is InChI=1S/C27H36FNO4/c1-18(25-10-9-23(28)14-22(25)8-11-26(31)32)33-17-24(30)16-29-27(2,3)15-19-12-20-6-4-5-7-21(20)13-19/h4-7,9-10,14,18-19,24,29-30H,8,11-13,15-17H2,1-3H3,(H,31,32)/t18-,24-/m1/s1. The van der Waals surface area contributed by atoms with E-state index in [1.54, 1.807) is 6.07 Å². The van der Waals surface area contributed by atoms with Gasteiger partial charge in [0.25, 0.3) is 0 Å². The molecule has 3 rings (SSSR count). The highest BCUT2D eigenvalue weighted by Crippen LogP contribution is 2.32. The number of ether oxygens (including phenoxy) is 1. The maximum absolute atomic E-state index is 13.6. The lowest BCUT2D eigenvalue weighted by molar-refractivity contribution is -0.136. The number of carboxylic acids is 1. The molecule has 1 aliphatic carbocycles. The molecule has 0 unspecified atom stereocenters. The number of benzene rings is 2. The van der Waals surface area contributed by atoms with E-state index in [2.05, 4.69) is 43.4 Å². The zero-order valence-electron chi connectivity index (χ0n) is 19.8.